The Labute approximate surface area is 75.9 Å². The second kappa shape index (κ2) is 9.02. The summed E-state index contributed by atoms with van der Waals surface area (Å²) in [5.74, 6) is 1.63. The van der Waals surface area contributed by atoms with Crippen LogP contribution in [0.15, 0.2) is 11.9 Å². The van der Waals surface area contributed by atoms with Gasteiger partial charge in [-0.15, -0.1) is 0 Å². The molecule has 0 saturated heterocycles. The zero-order chi connectivity index (χ0) is 9.23. The lowest BCUT2D eigenvalue weighted by Gasteiger charge is -1.99. The van der Waals surface area contributed by atoms with E-state index in [0.717, 1.165) is 6.42 Å². The van der Waals surface area contributed by atoms with E-state index < -0.39 is 8.03 Å². The van der Waals surface area contributed by atoms with Crippen LogP contribution in [0.3, 0.4) is 0 Å². The lowest BCUT2D eigenvalue weighted by atomic mass is 10.2. The van der Waals surface area contributed by atoms with Crippen molar-refractivity contribution in [1.29, 1.82) is 0 Å². The molecule has 0 N–H and O–H groups in total. The van der Waals surface area contributed by atoms with Crippen molar-refractivity contribution < 1.29 is 9.09 Å². The first-order valence-corrected chi connectivity index (χ1v) is 6.00. The highest BCUT2D eigenvalue weighted by molar-refractivity contribution is 7.42. The first-order valence-electron chi connectivity index (χ1n) is 4.60. The Bertz CT molecular complexity index is 143. The molecule has 3 heteroatoms. The van der Waals surface area contributed by atoms with E-state index in [9.17, 15) is 4.57 Å². The van der Waals surface area contributed by atoms with Crippen molar-refractivity contribution in [2.45, 2.75) is 39.5 Å². The van der Waals surface area contributed by atoms with Crippen LogP contribution in [0.4, 0.5) is 0 Å². The second-order valence-corrected chi connectivity index (χ2v) is 3.99. The third-order valence-corrected chi connectivity index (χ3v) is 2.64. The van der Waals surface area contributed by atoms with E-state index in [1.54, 1.807) is 11.9 Å². The largest absolute Gasteiger partial charge is 0.328 e. The van der Waals surface area contributed by atoms with E-state index in [1.807, 2.05) is 6.92 Å². The van der Waals surface area contributed by atoms with Gasteiger partial charge in [-0.1, -0.05) is 32.3 Å². The van der Waals surface area contributed by atoms with Crippen molar-refractivity contribution in [3.05, 3.63) is 11.9 Å². The number of hydrogen-bond acceptors (Lipinski definition) is 2. The molecular weight excluding hydrogens is 171 g/mol. The van der Waals surface area contributed by atoms with Crippen LogP contribution in [0.1, 0.15) is 39.5 Å². The van der Waals surface area contributed by atoms with Gasteiger partial charge in [0.2, 0.25) is 8.03 Å². The van der Waals surface area contributed by atoms with Crippen molar-refractivity contribution in [3.63, 3.8) is 0 Å². The normalized spacial score (nSPS) is 13.8. The van der Waals surface area contributed by atoms with Gasteiger partial charge in [-0.25, -0.2) is 0 Å². The Hall–Kier alpha value is -0.0700. The summed E-state index contributed by atoms with van der Waals surface area (Å²) in [5.41, 5.74) is 0. The molecular formula is C9H19O2P. The van der Waals surface area contributed by atoms with E-state index in [2.05, 4.69) is 6.92 Å². The molecule has 0 aromatic rings. The molecule has 0 amide bonds. The van der Waals surface area contributed by atoms with Gasteiger partial charge in [0.15, 0.2) is 0 Å². The van der Waals surface area contributed by atoms with Crippen LogP contribution in [0.25, 0.3) is 0 Å². The molecule has 1 atom stereocenters. The average molecular weight is 190 g/mol. The van der Waals surface area contributed by atoms with Crippen molar-refractivity contribution in [1.82, 2.24) is 0 Å². The summed E-state index contributed by atoms with van der Waals surface area (Å²) in [5, 5.41) is 0. The molecule has 12 heavy (non-hydrogen) atoms. The van der Waals surface area contributed by atoms with Crippen LogP contribution in [-0.4, -0.2) is 6.61 Å². The van der Waals surface area contributed by atoms with Crippen LogP contribution < -0.4 is 0 Å². The van der Waals surface area contributed by atoms with Gasteiger partial charge in [-0.2, -0.15) is 0 Å². The van der Waals surface area contributed by atoms with E-state index in [4.69, 9.17) is 4.52 Å². The molecule has 0 bridgehead atoms. The minimum absolute atomic E-state index is 0.641. The topological polar surface area (TPSA) is 26.3 Å². The monoisotopic (exact) mass is 190 g/mol. The Morgan fingerprint density at radius 2 is 2.08 bits per heavy atom. The number of hydrogen-bond donors (Lipinski definition) is 0. The standard InChI is InChI=1S/C9H19O2P/c1-3-5-6-7-8-11-12(10)9-4-2/h4,9,12H,3,5-8H2,1-2H3. The van der Waals surface area contributed by atoms with Crippen molar-refractivity contribution in [2.24, 2.45) is 0 Å². The lowest BCUT2D eigenvalue weighted by Crippen LogP contribution is -1.85. The first kappa shape index (κ1) is 11.9. The lowest BCUT2D eigenvalue weighted by molar-refractivity contribution is 0.321. The minimum Gasteiger partial charge on any atom is -0.328 e. The highest BCUT2D eigenvalue weighted by atomic mass is 31.1. The van der Waals surface area contributed by atoms with Gasteiger partial charge in [-0.05, 0) is 19.2 Å². The fourth-order valence-corrected chi connectivity index (χ4v) is 1.60. The second-order valence-electron chi connectivity index (χ2n) is 2.73. The van der Waals surface area contributed by atoms with E-state index in [-0.39, 0.29) is 0 Å². The van der Waals surface area contributed by atoms with Gasteiger partial charge in [0.1, 0.15) is 0 Å². The van der Waals surface area contributed by atoms with Gasteiger partial charge in [0.25, 0.3) is 0 Å². The fraction of sp³-hybridized carbons (Fsp3) is 0.778. The van der Waals surface area contributed by atoms with Crippen molar-refractivity contribution in [2.75, 3.05) is 6.61 Å². The Balaban J connectivity index is 3.14. The summed E-state index contributed by atoms with van der Waals surface area (Å²) in [6.45, 7) is 4.66. The van der Waals surface area contributed by atoms with Crippen LogP contribution in [0.5, 0.6) is 0 Å². The van der Waals surface area contributed by atoms with Gasteiger partial charge in [0.05, 0.1) is 6.61 Å². The van der Waals surface area contributed by atoms with E-state index >= 15 is 0 Å². The number of allylic oxidation sites excluding steroid dienone is 1. The molecule has 0 aromatic heterocycles. The molecule has 72 valence electrons. The summed E-state index contributed by atoms with van der Waals surface area (Å²) in [6, 6.07) is 0. The molecule has 1 unspecified atom stereocenters. The average Bonchev–Trinajstić information content (AvgIpc) is 2.05. The summed E-state index contributed by atoms with van der Waals surface area (Å²) in [6.07, 6.45) is 6.45. The molecule has 0 aliphatic carbocycles. The molecule has 2 nitrogen and oxygen atoms in total. The zero-order valence-corrected chi connectivity index (χ0v) is 9.01. The summed E-state index contributed by atoms with van der Waals surface area (Å²) >= 11 is 0. The maximum atomic E-state index is 11.0. The van der Waals surface area contributed by atoms with Gasteiger partial charge in [-0.3, -0.25) is 4.57 Å². The molecule has 0 aliphatic heterocycles. The predicted molar refractivity (Wildman–Crippen MR) is 53.9 cm³/mol. The molecule has 0 fully saturated rings. The first-order chi connectivity index (χ1) is 5.81. The van der Waals surface area contributed by atoms with Crippen LogP contribution in [0.2, 0.25) is 0 Å². The predicted octanol–water partition coefficient (Wildman–Crippen LogP) is 3.59. The van der Waals surface area contributed by atoms with Crippen LogP contribution in [0, 0.1) is 0 Å². The molecule has 0 aliphatic rings. The Kier molecular flexibility index (Phi) is 8.97. The molecule has 0 rings (SSSR count). The SMILES string of the molecule is CC=C[PH](=O)OCCCCCC. The van der Waals surface area contributed by atoms with Gasteiger partial charge >= 0.3 is 0 Å². The van der Waals surface area contributed by atoms with Crippen molar-refractivity contribution in [3.8, 4) is 0 Å². The summed E-state index contributed by atoms with van der Waals surface area (Å²) < 4.78 is 16.0. The minimum atomic E-state index is -1.86. The molecule has 0 spiro atoms. The smallest absolute Gasteiger partial charge is 0.213 e. The number of unbranched alkanes of at least 4 members (excludes halogenated alkanes) is 3. The molecule has 0 aromatic carbocycles. The van der Waals surface area contributed by atoms with Crippen LogP contribution >= 0.6 is 8.03 Å². The third kappa shape index (κ3) is 8.03. The van der Waals surface area contributed by atoms with E-state index in [1.165, 1.54) is 19.3 Å². The highest BCUT2D eigenvalue weighted by Gasteiger charge is 1.92. The van der Waals surface area contributed by atoms with E-state index in [0.29, 0.717) is 6.61 Å². The molecule has 0 radical (unpaired) electrons. The summed E-state index contributed by atoms with van der Waals surface area (Å²) in [7, 11) is -1.86. The maximum absolute atomic E-state index is 11.0. The van der Waals surface area contributed by atoms with Crippen LogP contribution in [-0.2, 0) is 9.09 Å². The Morgan fingerprint density at radius 3 is 2.67 bits per heavy atom. The third-order valence-electron chi connectivity index (χ3n) is 1.54. The quantitative estimate of drug-likeness (QED) is 0.453. The Morgan fingerprint density at radius 1 is 1.33 bits per heavy atom. The summed E-state index contributed by atoms with van der Waals surface area (Å²) in [4.78, 5) is 0. The molecule has 0 saturated carbocycles. The van der Waals surface area contributed by atoms with Gasteiger partial charge in [0, 0.05) is 0 Å². The van der Waals surface area contributed by atoms with Gasteiger partial charge < -0.3 is 4.52 Å². The maximum Gasteiger partial charge on any atom is 0.213 e. The fourth-order valence-electron chi connectivity index (χ4n) is 0.886. The van der Waals surface area contributed by atoms with Crippen molar-refractivity contribution >= 4 is 8.03 Å². The highest BCUT2D eigenvalue weighted by Crippen LogP contribution is 2.23. The zero-order valence-electron chi connectivity index (χ0n) is 8.01. The number of rotatable bonds is 7. The molecule has 0 heterocycles.